The molecule has 0 aromatic heterocycles. The van der Waals surface area contributed by atoms with E-state index in [1.165, 1.54) is 70.6 Å². The van der Waals surface area contributed by atoms with Crippen molar-refractivity contribution in [3.8, 4) is 0 Å². The van der Waals surface area contributed by atoms with Crippen LogP contribution in [-0.4, -0.2) is 63.9 Å². The Labute approximate surface area is 219 Å². The quantitative estimate of drug-likeness (QED) is 0.0618. The van der Waals surface area contributed by atoms with E-state index in [9.17, 15) is 14.4 Å². The molecule has 0 bridgehead atoms. The highest BCUT2D eigenvalue weighted by Crippen LogP contribution is 2.18. The molecule has 0 saturated carbocycles. The van der Waals surface area contributed by atoms with Gasteiger partial charge in [0.2, 0.25) is 0 Å². The molecule has 0 aromatic carbocycles. The second-order valence-corrected chi connectivity index (χ2v) is 10.3. The second-order valence-electron chi connectivity index (χ2n) is 10.3. The SMILES string of the molecule is CCCCC/C=C/CCCCCCCCCC[N+](CCCC(=O)O)(CCCC(=O)O)CCCC(=O)O. The van der Waals surface area contributed by atoms with Crippen LogP contribution in [0.3, 0.4) is 0 Å². The molecule has 7 heteroatoms. The highest BCUT2D eigenvalue weighted by molar-refractivity contribution is 5.67. The molecule has 210 valence electrons. The average molecular weight is 513 g/mol. The number of aliphatic carboxylic acids is 3. The summed E-state index contributed by atoms with van der Waals surface area (Å²) in [4.78, 5) is 33.1. The highest BCUT2D eigenvalue weighted by atomic mass is 16.4. The fraction of sp³-hybridized carbons (Fsp3) is 0.828. The normalized spacial score (nSPS) is 11.8. The predicted molar refractivity (Wildman–Crippen MR) is 145 cm³/mol. The van der Waals surface area contributed by atoms with Crippen LogP contribution in [0.15, 0.2) is 12.2 Å². The standard InChI is InChI=1S/C29H53NO6/c1-2-3-4-5-6-7-8-9-10-11-12-13-14-15-16-23-30(24-17-20-27(31)32,25-18-21-28(33)34)26-19-22-29(35)36/h6-7H,2-5,8-26H2,1H3,(H2-,31,32,33,34,35,36)/p+1/b7-6+. The molecule has 0 aromatic rings. The fourth-order valence-electron chi connectivity index (χ4n) is 4.89. The van der Waals surface area contributed by atoms with Gasteiger partial charge in [-0.15, -0.1) is 0 Å². The van der Waals surface area contributed by atoms with Crippen molar-refractivity contribution in [2.24, 2.45) is 0 Å². The summed E-state index contributed by atoms with van der Waals surface area (Å²) in [7, 11) is 0. The zero-order valence-corrected chi connectivity index (χ0v) is 22.9. The van der Waals surface area contributed by atoms with E-state index in [0.717, 1.165) is 19.4 Å². The number of unbranched alkanes of at least 4 members (excludes halogenated alkanes) is 11. The molecular weight excluding hydrogens is 458 g/mol. The van der Waals surface area contributed by atoms with Crippen LogP contribution in [0.25, 0.3) is 0 Å². The van der Waals surface area contributed by atoms with Crippen LogP contribution in [0.4, 0.5) is 0 Å². The molecule has 0 heterocycles. The Morgan fingerprint density at radius 2 is 0.833 bits per heavy atom. The lowest BCUT2D eigenvalue weighted by Gasteiger charge is -2.39. The highest BCUT2D eigenvalue weighted by Gasteiger charge is 2.27. The van der Waals surface area contributed by atoms with Gasteiger partial charge in [0.1, 0.15) is 0 Å². The maximum atomic E-state index is 11.0. The van der Waals surface area contributed by atoms with Gasteiger partial charge < -0.3 is 19.8 Å². The molecule has 0 saturated heterocycles. The van der Waals surface area contributed by atoms with Crippen molar-refractivity contribution in [2.45, 2.75) is 129 Å². The number of hydrogen-bond donors (Lipinski definition) is 3. The Hall–Kier alpha value is -1.89. The van der Waals surface area contributed by atoms with Gasteiger partial charge in [0.25, 0.3) is 0 Å². The first-order chi connectivity index (χ1) is 17.3. The van der Waals surface area contributed by atoms with Crippen LogP contribution in [0, 0.1) is 0 Å². The minimum Gasteiger partial charge on any atom is -0.481 e. The van der Waals surface area contributed by atoms with Gasteiger partial charge in [0.15, 0.2) is 0 Å². The molecule has 36 heavy (non-hydrogen) atoms. The van der Waals surface area contributed by atoms with Gasteiger partial charge >= 0.3 is 17.9 Å². The summed E-state index contributed by atoms with van der Waals surface area (Å²) in [6.07, 6.45) is 22.5. The molecule has 3 N–H and O–H groups in total. The first kappa shape index (κ1) is 34.1. The lowest BCUT2D eigenvalue weighted by molar-refractivity contribution is -0.929. The van der Waals surface area contributed by atoms with Crippen LogP contribution in [0.2, 0.25) is 0 Å². The van der Waals surface area contributed by atoms with E-state index >= 15 is 0 Å². The number of carboxylic acid groups (broad SMARTS) is 3. The van der Waals surface area contributed by atoms with Crippen LogP contribution in [-0.2, 0) is 14.4 Å². The Bertz CT molecular complexity index is 554. The molecule has 0 unspecified atom stereocenters. The average Bonchev–Trinajstić information content (AvgIpc) is 2.80. The van der Waals surface area contributed by atoms with Gasteiger partial charge in [-0.05, 0) is 38.5 Å². The number of rotatable bonds is 27. The minimum absolute atomic E-state index is 0.0898. The maximum Gasteiger partial charge on any atom is 0.303 e. The molecular formula is C29H54NO6+. The third-order valence-corrected chi connectivity index (χ3v) is 6.96. The van der Waals surface area contributed by atoms with Gasteiger partial charge in [-0.1, -0.05) is 64.0 Å². The summed E-state index contributed by atoms with van der Waals surface area (Å²) in [5.41, 5.74) is 0. The predicted octanol–water partition coefficient (Wildman–Crippen LogP) is 7.05. The third kappa shape index (κ3) is 22.6. The minimum atomic E-state index is -0.827. The number of hydrogen-bond acceptors (Lipinski definition) is 3. The number of nitrogens with zero attached hydrogens (tertiary/aromatic N) is 1. The van der Waals surface area contributed by atoms with E-state index in [0.29, 0.717) is 43.4 Å². The van der Waals surface area contributed by atoms with Crippen molar-refractivity contribution in [3.05, 3.63) is 12.2 Å². The topological polar surface area (TPSA) is 112 Å². The molecule has 0 rings (SSSR count). The van der Waals surface area contributed by atoms with Crippen LogP contribution >= 0.6 is 0 Å². The van der Waals surface area contributed by atoms with Crippen LogP contribution in [0.5, 0.6) is 0 Å². The molecule has 0 spiro atoms. The van der Waals surface area contributed by atoms with Gasteiger partial charge in [0.05, 0.1) is 45.4 Å². The van der Waals surface area contributed by atoms with Crippen molar-refractivity contribution in [2.75, 3.05) is 26.2 Å². The Kier molecular flexibility index (Phi) is 22.3. The fourth-order valence-corrected chi connectivity index (χ4v) is 4.89. The van der Waals surface area contributed by atoms with E-state index in [1.54, 1.807) is 0 Å². The zero-order valence-electron chi connectivity index (χ0n) is 22.9. The molecule has 0 fully saturated rings. The summed E-state index contributed by atoms with van der Waals surface area (Å²) in [5.74, 6) is -2.48. The molecule has 0 aliphatic heterocycles. The van der Waals surface area contributed by atoms with Gasteiger partial charge in [0, 0.05) is 19.3 Å². The number of quaternary nitrogens is 1. The lowest BCUT2D eigenvalue weighted by Crippen LogP contribution is -2.51. The van der Waals surface area contributed by atoms with Gasteiger partial charge in [-0.2, -0.15) is 0 Å². The molecule has 0 aliphatic carbocycles. The summed E-state index contributed by atoms with van der Waals surface area (Å²) in [6.45, 7) is 5.09. The van der Waals surface area contributed by atoms with Crippen LogP contribution in [0.1, 0.15) is 129 Å². The number of carbonyl (C=O) groups is 3. The van der Waals surface area contributed by atoms with Crippen molar-refractivity contribution >= 4 is 17.9 Å². The maximum absolute atomic E-state index is 11.0. The summed E-state index contributed by atoms with van der Waals surface area (Å²) in [5, 5.41) is 27.2. The second kappa shape index (κ2) is 23.5. The van der Waals surface area contributed by atoms with Crippen molar-refractivity contribution in [1.29, 1.82) is 0 Å². The van der Waals surface area contributed by atoms with E-state index in [2.05, 4.69) is 19.1 Å². The molecule has 0 aliphatic rings. The molecule has 0 amide bonds. The van der Waals surface area contributed by atoms with Gasteiger partial charge in [-0.25, -0.2) is 0 Å². The van der Waals surface area contributed by atoms with E-state index in [4.69, 9.17) is 15.3 Å². The molecule has 7 nitrogen and oxygen atoms in total. The van der Waals surface area contributed by atoms with E-state index in [1.807, 2.05) is 0 Å². The lowest BCUT2D eigenvalue weighted by atomic mass is 10.1. The number of carboxylic acids is 3. The summed E-state index contributed by atoms with van der Waals surface area (Å²) in [6, 6.07) is 0. The molecule has 0 atom stereocenters. The van der Waals surface area contributed by atoms with Crippen molar-refractivity contribution in [1.82, 2.24) is 0 Å². The van der Waals surface area contributed by atoms with Crippen molar-refractivity contribution < 1.29 is 34.2 Å². The summed E-state index contributed by atoms with van der Waals surface area (Å²) >= 11 is 0. The zero-order chi connectivity index (χ0) is 26.9. The Morgan fingerprint density at radius 1 is 0.500 bits per heavy atom. The number of allylic oxidation sites excluding steroid dienone is 2. The van der Waals surface area contributed by atoms with Crippen molar-refractivity contribution in [3.63, 3.8) is 0 Å². The van der Waals surface area contributed by atoms with Crippen LogP contribution < -0.4 is 0 Å². The Morgan fingerprint density at radius 3 is 1.22 bits per heavy atom. The van der Waals surface area contributed by atoms with E-state index in [-0.39, 0.29) is 19.3 Å². The monoisotopic (exact) mass is 512 g/mol. The molecule has 0 radical (unpaired) electrons. The van der Waals surface area contributed by atoms with E-state index < -0.39 is 17.9 Å². The summed E-state index contributed by atoms with van der Waals surface area (Å²) < 4.78 is 0.639. The Balaban J connectivity index is 4.34. The smallest absolute Gasteiger partial charge is 0.303 e. The van der Waals surface area contributed by atoms with Gasteiger partial charge in [-0.3, -0.25) is 14.4 Å². The third-order valence-electron chi connectivity index (χ3n) is 6.96. The first-order valence-electron chi connectivity index (χ1n) is 14.5. The largest absolute Gasteiger partial charge is 0.481 e. The first-order valence-corrected chi connectivity index (χ1v) is 14.5.